The Morgan fingerprint density at radius 2 is 2.11 bits per heavy atom. The van der Waals surface area contributed by atoms with E-state index in [-0.39, 0.29) is 6.04 Å². The van der Waals surface area contributed by atoms with Crippen LogP contribution in [-0.2, 0) is 6.42 Å². The van der Waals surface area contributed by atoms with Crippen molar-refractivity contribution in [1.29, 1.82) is 0 Å². The average molecular weight is 281 g/mol. The zero-order chi connectivity index (χ0) is 13.0. The molecule has 1 aromatic carbocycles. The number of thioether (sulfide) groups is 2. The molecule has 0 aliphatic carbocycles. The Morgan fingerprint density at radius 1 is 1.33 bits per heavy atom. The minimum absolute atomic E-state index is 0.176. The van der Waals surface area contributed by atoms with E-state index in [9.17, 15) is 0 Å². The topological polar surface area (TPSA) is 26.0 Å². The van der Waals surface area contributed by atoms with Crippen LogP contribution in [0.15, 0.2) is 24.3 Å². The van der Waals surface area contributed by atoms with Crippen molar-refractivity contribution in [2.75, 3.05) is 11.5 Å². The van der Waals surface area contributed by atoms with Gasteiger partial charge in [0, 0.05) is 28.0 Å². The highest BCUT2D eigenvalue weighted by Crippen LogP contribution is 2.37. The predicted octanol–water partition coefficient (Wildman–Crippen LogP) is 3.88. The quantitative estimate of drug-likeness (QED) is 0.907. The van der Waals surface area contributed by atoms with E-state index >= 15 is 0 Å². The summed E-state index contributed by atoms with van der Waals surface area (Å²) in [5, 5.41) is 1.22. The fourth-order valence-electron chi connectivity index (χ4n) is 2.48. The Kier molecular flexibility index (Phi) is 5.46. The Balaban J connectivity index is 2.11. The van der Waals surface area contributed by atoms with Gasteiger partial charge in [-0.05, 0) is 17.5 Å². The summed E-state index contributed by atoms with van der Waals surface area (Å²) < 4.78 is 0. The number of aryl methyl sites for hydroxylation is 1. The minimum Gasteiger partial charge on any atom is -0.323 e. The maximum absolute atomic E-state index is 6.49. The molecule has 1 heterocycles. The van der Waals surface area contributed by atoms with Crippen LogP contribution in [-0.4, -0.2) is 22.0 Å². The number of hydrogen-bond acceptors (Lipinski definition) is 3. The molecule has 1 fully saturated rings. The molecular weight excluding hydrogens is 258 g/mol. The van der Waals surface area contributed by atoms with Crippen LogP contribution >= 0.6 is 23.5 Å². The summed E-state index contributed by atoms with van der Waals surface area (Å²) in [7, 11) is 0. The summed E-state index contributed by atoms with van der Waals surface area (Å²) in [5.41, 5.74) is 9.23. The van der Waals surface area contributed by atoms with Crippen molar-refractivity contribution in [2.24, 2.45) is 5.73 Å². The molecule has 2 rings (SSSR count). The molecule has 3 atom stereocenters. The average Bonchev–Trinajstić information content (AvgIpc) is 2.39. The van der Waals surface area contributed by atoms with Gasteiger partial charge in [0.1, 0.15) is 0 Å². The highest BCUT2D eigenvalue weighted by atomic mass is 32.2. The molecule has 1 aliphatic heterocycles. The van der Waals surface area contributed by atoms with Gasteiger partial charge in [-0.3, -0.25) is 0 Å². The fourth-order valence-corrected chi connectivity index (χ4v) is 5.36. The van der Waals surface area contributed by atoms with Gasteiger partial charge in [-0.15, -0.1) is 0 Å². The number of hydrogen-bond donors (Lipinski definition) is 1. The zero-order valence-corrected chi connectivity index (χ0v) is 12.9. The molecule has 2 N–H and O–H groups in total. The predicted molar refractivity (Wildman–Crippen MR) is 85.5 cm³/mol. The van der Waals surface area contributed by atoms with E-state index in [2.05, 4.69) is 49.9 Å². The second-order valence-electron chi connectivity index (χ2n) is 4.93. The van der Waals surface area contributed by atoms with Crippen molar-refractivity contribution in [2.45, 2.75) is 43.2 Å². The standard InChI is InChI=1S/C15H23NS2/c1-3-5-12-6-4-7-13(10-12)14(16)15-11(2)17-8-9-18-15/h4,6-7,10-11,14-15H,3,5,8-9,16H2,1-2H3. The normalized spacial score (nSPS) is 25.9. The lowest BCUT2D eigenvalue weighted by Crippen LogP contribution is -2.34. The smallest absolute Gasteiger partial charge is 0.0426 e. The number of nitrogens with two attached hydrogens (primary N) is 1. The van der Waals surface area contributed by atoms with E-state index in [0.29, 0.717) is 10.5 Å². The van der Waals surface area contributed by atoms with Crippen molar-refractivity contribution in [3.63, 3.8) is 0 Å². The summed E-state index contributed by atoms with van der Waals surface area (Å²) in [6.07, 6.45) is 2.35. The molecule has 0 radical (unpaired) electrons. The van der Waals surface area contributed by atoms with Gasteiger partial charge in [0.25, 0.3) is 0 Å². The van der Waals surface area contributed by atoms with E-state index in [1.165, 1.54) is 29.1 Å². The van der Waals surface area contributed by atoms with Crippen LogP contribution in [0.3, 0.4) is 0 Å². The van der Waals surface area contributed by atoms with E-state index in [0.717, 1.165) is 6.42 Å². The van der Waals surface area contributed by atoms with Gasteiger partial charge in [0.2, 0.25) is 0 Å². The highest BCUT2D eigenvalue weighted by Gasteiger charge is 2.28. The number of benzene rings is 1. The first kappa shape index (κ1) is 14.3. The Hall–Kier alpha value is -0.120. The van der Waals surface area contributed by atoms with Crippen molar-refractivity contribution in [3.05, 3.63) is 35.4 Å². The van der Waals surface area contributed by atoms with E-state index in [4.69, 9.17) is 5.73 Å². The minimum atomic E-state index is 0.176. The van der Waals surface area contributed by atoms with Crippen molar-refractivity contribution in [3.8, 4) is 0 Å². The summed E-state index contributed by atoms with van der Waals surface area (Å²) in [6, 6.07) is 9.05. The van der Waals surface area contributed by atoms with Crippen LogP contribution in [0.1, 0.15) is 37.4 Å². The summed E-state index contributed by atoms with van der Waals surface area (Å²) >= 11 is 4.11. The van der Waals surface area contributed by atoms with Crippen LogP contribution in [0.5, 0.6) is 0 Å². The van der Waals surface area contributed by atoms with E-state index < -0.39 is 0 Å². The largest absolute Gasteiger partial charge is 0.323 e. The van der Waals surface area contributed by atoms with Gasteiger partial charge in [0.05, 0.1) is 0 Å². The summed E-state index contributed by atoms with van der Waals surface area (Å²) in [4.78, 5) is 0. The summed E-state index contributed by atoms with van der Waals surface area (Å²) in [6.45, 7) is 4.54. The first-order chi connectivity index (χ1) is 8.72. The van der Waals surface area contributed by atoms with Crippen molar-refractivity contribution < 1.29 is 0 Å². The van der Waals surface area contributed by atoms with Crippen molar-refractivity contribution >= 4 is 23.5 Å². The lowest BCUT2D eigenvalue weighted by molar-refractivity contribution is 0.662. The van der Waals surface area contributed by atoms with Gasteiger partial charge < -0.3 is 5.73 Å². The van der Waals surface area contributed by atoms with Crippen LogP contribution in [0.2, 0.25) is 0 Å². The van der Waals surface area contributed by atoms with E-state index in [1.807, 2.05) is 11.8 Å². The lowest BCUT2D eigenvalue weighted by Gasteiger charge is -2.32. The first-order valence-electron chi connectivity index (χ1n) is 6.80. The molecule has 100 valence electrons. The maximum Gasteiger partial charge on any atom is 0.0426 e. The van der Waals surface area contributed by atoms with Crippen LogP contribution in [0.4, 0.5) is 0 Å². The number of rotatable bonds is 4. The maximum atomic E-state index is 6.49. The summed E-state index contributed by atoms with van der Waals surface area (Å²) in [5.74, 6) is 2.51. The van der Waals surface area contributed by atoms with Gasteiger partial charge in [-0.2, -0.15) is 23.5 Å². The molecule has 1 aromatic rings. The molecule has 1 saturated heterocycles. The van der Waals surface area contributed by atoms with Crippen molar-refractivity contribution in [1.82, 2.24) is 0 Å². The SMILES string of the molecule is CCCc1cccc(C(N)C2SCCSC2C)c1. The zero-order valence-electron chi connectivity index (χ0n) is 11.3. The molecule has 18 heavy (non-hydrogen) atoms. The van der Waals surface area contributed by atoms with Crippen LogP contribution in [0.25, 0.3) is 0 Å². The Bertz CT molecular complexity index is 381. The molecule has 3 unspecified atom stereocenters. The monoisotopic (exact) mass is 281 g/mol. The second kappa shape index (κ2) is 6.88. The van der Waals surface area contributed by atoms with Gasteiger partial charge in [-0.1, -0.05) is 44.5 Å². The third-order valence-electron chi connectivity index (χ3n) is 3.47. The molecule has 0 amide bonds. The van der Waals surface area contributed by atoms with E-state index in [1.54, 1.807) is 0 Å². The molecule has 0 saturated carbocycles. The molecule has 0 bridgehead atoms. The Morgan fingerprint density at radius 3 is 2.83 bits per heavy atom. The van der Waals surface area contributed by atoms with Crippen LogP contribution in [0, 0.1) is 0 Å². The van der Waals surface area contributed by atoms with Gasteiger partial charge in [-0.25, -0.2) is 0 Å². The van der Waals surface area contributed by atoms with Gasteiger partial charge in [0.15, 0.2) is 0 Å². The second-order valence-corrected chi connectivity index (χ2v) is 7.70. The molecule has 1 nitrogen and oxygen atoms in total. The third kappa shape index (κ3) is 3.46. The molecule has 0 aromatic heterocycles. The molecule has 0 spiro atoms. The lowest BCUT2D eigenvalue weighted by atomic mass is 9.99. The van der Waals surface area contributed by atoms with Crippen LogP contribution < -0.4 is 5.73 Å². The molecule has 1 aliphatic rings. The highest BCUT2D eigenvalue weighted by molar-refractivity contribution is 8.07. The van der Waals surface area contributed by atoms with Gasteiger partial charge >= 0.3 is 0 Å². The third-order valence-corrected chi connectivity index (χ3v) is 6.68. The first-order valence-corrected chi connectivity index (χ1v) is 8.89. The fraction of sp³-hybridized carbons (Fsp3) is 0.600. The molecule has 3 heteroatoms. The molecular formula is C15H23NS2. The Labute approximate surface area is 119 Å².